The Bertz CT molecular complexity index is 1750. The van der Waals surface area contributed by atoms with Crippen LogP contribution < -0.4 is 27.0 Å². The number of para-hydroxylation sites is 1. The third-order valence-electron chi connectivity index (χ3n) is 12.8. The molecule has 56 heavy (non-hydrogen) atoms. The molecular formula is C43H63N9O4. The number of hydrogen-bond donors (Lipinski definition) is 5. The van der Waals surface area contributed by atoms with Crippen LogP contribution in [0.3, 0.4) is 0 Å². The number of amides is 2. The van der Waals surface area contributed by atoms with E-state index in [1.165, 1.54) is 44.6 Å². The quantitative estimate of drug-likeness (QED) is 0.190. The summed E-state index contributed by atoms with van der Waals surface area (Å²) < 4.78 is 0. The summed E-state index contributed by atoms with van der Waals surface area (Å²) in [5.41, 5.74) is 17.4. The lowest BCUT2D eigenvalue weighted by atomic mass is 9.95. The summed E-state index contributed by atoms with van der Waals surface area (Å²) in [6, 6.07) is 14.2. The van der Waals surface area contributed by atoms with E-state index in [0.717, 1.165) is 73.6 Å². The van der Waals surface area contributed by atoms with Crippen LogP contribution in [0.15, 0.2) is 60.1 Å². The summed E-state index contributed by atoms with van der Waals surface area (Å²) in [5.74, 6) is 3.37. The minimum Gasteiger partial charge on any atom is -0.507 e. The number of piperidine rings is 2. The zero-order chi connectivity index (χ0) is 39.9. The first-order valence-corrected chi connectivity index (χ1v) is 20.4. The molecule has 13 nitrogen and oxygen atoms in total. The molecule has 5 atom stereocenters. The number of likely N-dealkylation sites (tertiary alicyclic amines) is 1. The van der Waals surface area contributed by atoms with Crippen LogP contribution >= 0.6 is 0 Å². The maximum Gasteiger partial charge on any atom is 0.226 e. The second-order valence-electron chi connectivity index (χ2n) is 16.8. The highest BCUT2D eigenvalue weighted by atomic mass is 16.3. The zero-order valence-electron chi connectivity index (χ0n) is 33.7. The van der Waals surface area contributed by atoms with Gasteiger partial charge in [0.25, 0.3) is 0 Å². The summed E-state index contributed by atoms with van der Waals surface area (Å²) in [6.45, 7) is 13.7. The largest absolute Gasteiger partial charge is 0.507 e. The number of hydrogen-bond acceptors (Lipinski definition) is 12. The molecule has 1 saturated carbocycles. The first kappa shape index (κ1) is 41.1. The minimum absolute atomic E-state index is 0.151. The minimum atomic E-state index is -0.259. The predicted molar refractivity (Wildman–Crippen MR) is 221 cm³/mol. The van der Waals surface area contributed by atoms with E-state index >= 15 is 0 Å². The molecule has 5 aliphatic rings. The fourth-order valence-corrected chi connectivity index (χ4v) is 8.78. The molecule has 2 aromatic carbocycles. The molecule has 4 heterocycles. The molecule has 2 aromatic rings. The van der Waals surface area contributed by atoms with Crippen molar-refractivity contribution in [3.8, 4) is 5.75 Å². The Labute approximate surface area is 332 Å². The third-order valence-corrected chi connectivity index (χ3v) is 12.8. The van der Waals surface area contributed by atoms with Gasteiger partial charge in [-0.05, 0) is 113 Å². The fraction of sp³-hybridized carbons (Fsp3) is 0.558. The number of nitrogens with zero attached hydrogens (tertiary/aromatic N) is 5. The molecule has 4 aliphatic heterocycles. The zero-order valence-corrected chi connectivity index (χ0v) is 33.7. The highest BCUT2D eigenvalue weighted by Gasteiger charge is 2.45. The van der Waals surface area contributed by atoms with Crippen LogP contribution in [0.4, 0.5) is 5.69 Å². The molecule has 0 radical (unpaired) electrons. The van der Waals surface area contributed by atoms with Crippen molar-refractivity contribution < 1.29 is 19.5 Å². The molecule has 7 N–H and O–H groups in total. The Morgan fingerprint density at radius 2 is 1.82 bits per heavy atom. The van der Waals surface area contributed by atoms with E-state index in [0.29, 0.717) is 55.0 Å². The normalized spacial score (nSPS) is 24.8. The summed E-state index contributed by atoms with van der Waals surface area (Å²) >= 11 is 0. The first-order valence-electron chi connectivity index (χ1n) is 20.4. The Morgan fingerprint density at radius 3 is 2.52 bits per heavy atom. The molecule has 0 aromatic heterocycles. The van der Waals surface area contributed by atoms with Crippen molar-refractivity contribution in [3.63, 3.8) is 0 Å². The standard InChI is InChI=1S/C26H38N4O3.C17H25N5O/c1-19(3-6-26(33)27-18-32)28(2)14-24-12-25(5-4-21(24)17-31)30-9-7-20(8-10-30)13-29-15-22-11-23(22)16-29;1-11-9-22-12(10-21(11)2)8-20-17(19)15(22)7-14(18)13-5-3-4-6-16(13)23/h4-5,12,17-20,22-23H,3,6-11,13-16H2,1-2H3,(H,27,32,33);3-7,11-12,20,23H,8-10,18-19H2,1-2H3/b;14-7-. The summed E-state index contributed by atoms with van der Waals surface area (Å²) in [5, 5.41) is 15.4. The highest BCUT2D eigenvalue weighted by molar-refractivity contribution is 5.85. The number of likely N-dealkylation sites (N-methyl/N-ethyl adjacent to an activating group) is 1. The number of fused-ring (bicyclic) bond motifs is 2. The van der Waals surface area contributed by atoms with Crippen molar-refractivity contribution in [3.05, 3.63) is 76.7 Å². The van der Waals surface area contributed by atoms with Crippen LogP contribution in [0.25, 0.3) is 5.70 Å². The number of imide groups is 1. The monoisotopic (exact) mass is 770 g/mol. The summed E-state index contributed by atoms with van der Waals surface area (Å²) in [4.78, 5) is 45.6. The number of anilines is 1. The Hall–Kier alpha value is -4.59. The molecule has 13 heteroatoms. The number of aromatic hydroxyl groups is 1. The smallest absolute Gasteiger partial charge is 0.226 e. The number of benzene rings is 2. The van der Waals surface area contributed by atoms with Gasteiger partial charge in [-0.1, -0.05) is 12.1 Å². The number of nitrogens with two attached hydrogens (primary N) is 2. The van der Waals surface area contributed by atoms with Gasteiger partial charge < -0.3 is 36.6 Å². The van der Waals surface area contributed by atoms with E-state index in [1.807, 2.05) is 25.3 Å². The van der Waals surface area contributed by atoms with Gasteiger partial charge in [0.05, 0.1) is 11.7 Å². The second kappa shape index (κ2) is 18.6. The summed E-state index contributed by atoms with van der Waals surface area (Å²) in [6.07, 6.45) is 8.11. The van der Waals surface area contributed by atoms with Gasteiger partial charge >= 0.3 is 0 Å². The predicted octanol–water partition coefficient (Wildman–Crippen LogP) is 2.97. The van der Waals surface area contributed by atoms with Gasteiger partial charge in [-0.3, -0.25) is 29.5 Å². The maximum absolute atomic E-state index is 11.7. The Kier molecular flexibility index (Phi) is 13.6. The van der Waals surface area contributed by atoms with Gasteiger partial charge in [0.15, 0.2) is 0 Å². The number of aldehydes is 1. The van der Waals surface area contributed by atoms with E-state index in [2.05, 4.69) is 68.2 Å². The van der Waals surface area contributed by atoms with Crippen molar-refractivity contribution in [2.24, 2.45) is 29.2 Å². The van der Waals surface area contributed by atoms with Crippen LogP contribution in [0.2, 0.25) is 0 Å². The Balaban J connectivity index is 0.000000202. The van der Waals surface area contributed by atoms with E-state index < -0.39 is 0 Å². The lowest BCUT2D eigenvalue weighted by Crippen LogP contribution is -2.61. The molecule has 4 fully saturated rings. The number of phenolic OH excluding ortho intramolecular Hbond substituents is 1. The van der Waals surface area contributed by atoms with Crippen LogP contribution in [0.1, 0.15) is 67.4 Å². The van der Waals surface area contributed by atoms with Gasteiger partial charge in [0.1, 0.15) is 17.9 Å². The lowest BCUT2D eigenvalue weighted by molar-refractivity contribution is -0.125. The van der Waals surface area contributed by atoms with Crippen molar-refractivity contribution in [1.29, 1.82) is 0 Å². The van der Waals surface area contributed by atoms with Gasteiger partial charge in [0, 0.05) is 99.9 Å². The van der Waals surface area contributed by atoms with E-state index in [1.54, 1.807) is 18.2 Å². The maximum atomic E-state index is 11.7. The second-order valence-corrected chi connectivity index (χ2v) is 16.8. The van der Waals surface area contributed by atoms with Crippen LogP contribution in [-0.4, -0.2) is 128 Å². The van der Waals surface area contributed by atoms with E-state index in [9.17, 15) is 19.5 Å². The summed E-state index contributed by atoms with van der Waals surface area (Å²) in [7, 11) is 4.16. The Morgan fingerprint density at radius 1 is 1.09 bits per heavy atom. The number of carbonyl (C=O) groups excluding carboxylic acids is 3. The SMILES string of the molecule is CC(CCC(=O)NC=O)N(C)Cc1cc(N2CCC(CN3CC4CC4C3)CC2)ccc1C=O.CC1CN2C(/C=C(\N)c3ccccc3O)=C(N)NCC2CN1C. The van der Waals surface area contributed by atoms with E-state index in [-0.39, 0.29) is 17.7 Å². The molecule has 5 unspecified atom stereocenters. The van der Waals surface area contributed by atoms with Gasteiger partial charge in [0.2, 0.25) is 12.3 Å². The first-order chi connectivity index (χ1) is 26.9. The lowest BCUT2D eigenvalue weighted by Gasteiger charge is -2.48. The van der Waals surface area contributed by atoms with Gasteiger partial charge in [-0.2, -0.15) is 0 Å². The molecule has 1 aliphatic carbocycles. The number of carbonyl (C=O) groups is 3. The van der Waals surface area contributed by atoms with Crippen molar-refractivity contribution in [2.45, 2.75) is 70.6 Å². The van der Waals surface area contributed by atoms with E-state index in [4.69, 9.17) is 11.5 Å². The molecule has 0 bridgehead atoms. The van der Waals surface area contributed by atoms with Gasteiger partial charge in [-0.15, -0.1) is 0 Å². The average molecular weight is 770 g/mol. The molecular weight excluding hydrogens is 707 g/mol. The number of piperazine rings is 1. The molecule has 7 rings (SSSR count). The third kappa shape index (κ3) is 10.2. The van der Waals surface area contributed by atoms with Crippen LogP contribution in [-0.2, 0) is 16.1 Å². The van der Waals surface area contributed by atoms with Gasteiger partial charge in [-0.25, -0.2) is 0 Å². The van der Waals surface area contributed by atoms with Crippen molar-refractivity contribution in [1.82, 2.24) is 30.2 Å². The molecule has 2 amide bonds. The van der Waals surface area contributed by atoms with Crippen LogP contribution in [0.5, 0.6) is 5.75 Å². The fourth-order valence-electron chi connectivity index (χ4n) is 8.78. The van der Waals surface area contributed by atoms with Crippen molar-refractivity contribution in [2.75, 3.05) is 71.4 Å². The molecule has 0 spiro atoms. The number of allylic oxidation sites excluding steroid dienone is 1. The molecule has 3 saturated heterocycles. The van der Waals surface area contributed by atoms with Crippen molar-refractivity contribution >= 4 is 30.0 Å². The number of nitrogens with one attached hydrogen (secondary N) is 2. The highest BCUT2D eigenvalue weighted by Crippen LogP contribution is 2.45. The average Bonchev–Trinajstić information content (AvgIpc) is 3.80. The topological polar surface area (TPSA) is 164 Å². The van der Waals surface area contributed by atoms with Crippen LogP contribution in [0, 0.1) is 17.8 Å². The number of phenols is 1. The molecule has 304 valence electrons. The number of rotatable bonds is 13.